The van der Waals surface area contributed by atoms with Gasteiger partial charge in [0.05, 0.1) is 6.61 Å². The molecule has 0 radical (unpaired) electrons. The number of likely N-dealkylation sites (tertiary alicyclic amines) is 1. The molecule has 2 heterocycles. The van der Waals surface area contributed by atoms with Gasteiger partial charge >= 0.3 is 6.09 Å². The Morgan fingerprint density at radius 1 is 0.969 bits per heavy atom. The average molecular weight is 444 g/mol. The second kappa shape index (κ2) is 10.3. The lowest BCUT2D eigenvalue weighted by Gasteiger charge is -2.35. The van der Waals surface area contributed by atoms with Gasteiger partial charge in [0.15, 0.2) is 5.78 Å². The molecule has 2 amide bonds. The quantitative estimate of drug-likeness (QED) is 0.466. The Balaban J connectivity index is 1.11. The number of carbonyl (C=O) groups excluding carboxylic acids is 2. The number of piperazine rings is 1. The zero-order valence-corrected chi connectivity index (χ0v) is 18.6. The molecule has 32 heavy (non-hydrogen) atoms. The van der Waals surface area contributed by atoms with Crippen LogP contribution in [0.15, 0.2) is 24.3 Å². The molecule has 0 spiro atoms. The van der Waals surface area contributed by atoms with Crippen molar-refractivity contribution < 1.29 is 24.2 Å². The van der Waals surface area contributed by atoms with Gasteiger partial charge in [-0.1, -0.05) is 0 Å². The second-order valence-corrected chi connectivity index (χ2v) is 9.06. The van der Waals surface area contributed by atoms with Crippen LogP contribution in [0.4, 0.5) is 4.79 Å². The van der Waals surface area contributed by atoms with E-state index in [0.29, 0.717) is 32.7 Å². The van der Waals surface area contributed by atoms with Crippen molar-refractivity contribution >= 4 is 17.8 Å². The van der Waals surface area contributed by atoms with E-state index < -0.39 is 6.09 Å². The summed E-state index contributed by atoms with van der Waals surface area (Å²) in [7, 11) is 0. The first kappa shape index (κ1) is 22.6. The number of ether oxygens (including phenoxy) is 1. The van der Waals surface area contributed by atoms with Gasteiger partial charge in [0.1, 0.15) is 5.75 Å². The molecule has 1 N–H and O–H groups in total. The van der Waals surface area contributed by atoms with Crippen molar-refractivity contribution in [1.29, 1.82) is 0 Å². The van der Waals surface area contributed by atoms with E-state index in [-0.39, 0.29) is 23.7 Å². The second-order valence-electron chi connectivity index (χ2n) is 9.06. The summed E-state index contributed by atoms with van der Waals surface area (Å²) >= 11 is 0. The molecule has 174 valence electrons. The molecule has 0 aromatic heterocycles. The third kappa shape index (κ3) is 5.79. The molecule has 3 aliphatic rings. The minimum absolute atomic E-state index is 0.0646. The normalized spacial score (nSPS) is 21.6. The number of Topliss-reactive ketones (excluding diaryl/α,β-unsaturated/α-hetero) is 1. The highest BCUT2D eigenvalue weighted by Gasteiger charge is 2.32. The van der Waals surface area contributed by atoms with Crippen molar-refractivity contribution in [3.63, 3.8) is 0 Å². The van der Waals surface area contributed by atoms with Crippen molar-refractivity contribution in [3.05, 3.63) is 29.8 Å². The molecule has 2 aliphatic heterocycles. The van der Waals surface area contributed by atoms with Crippen LogP contribution in [0.25, 0.3) is 0 Å². The Labute approximate surface area is 189 Å². The number of nitrogens with zero attached hydrogens (tertiary/aromatic N) is 3. The molecular formula is C24H33N3O5. The molecule has 3 fully saturated rings. The predicted octanol–water partition coefficient (Wildman–Crippen LogP) is 2.72. The predicted molar refractivity (Wildman–Crippen MR) is 119 cm³/mol. The van der Waals surface area contributed by atoms with Crippen molar-refractivity contribution in [2.45, 2.75) is 44.6 Å². The maximum absolute atomic E-state index is 12.6. The van der Waals surface area contributed by atoms with Gasteiger partial charge in [-0.3, -0.25) is 14.5 Å². The number of benzene rings is 1. The molecule has 4 rings (SSSR count). The molecule has 0 bridgehead atoms. The number of ketones is 1. The zero-order chi connectivity index (χ0) is 22.5. The van der Waals surface area contributed by atoms with E-state index in [1.165, 1.54) is 4.90 Å². The van der Waals surface area contributed by atoms with Gasteiger partial charge in [0.2, 0.25) is 5.91 Å². The molecule has 2 saturated heterocycles. The Kier molecular flexibility index (Phi) is 7.29. The average Bonchev–Trinajstić information content (AvgIpc) is 3.55. The van der Waals surface area contributed by atoms with E-state index in [0.717, 1.165) is 63.1 Å². The molecule has 1 aliphatic carbocycles. The summed E-state index contributed by atoms with van der Waals surface area (Å²) in [6, 6.07) is 7.28. The monoisotopic (exact) mass is 443 g/mol. The lowest BCUT2D eigenvalue weighted by atomic mass is 10.1. The SMILES string of the molecule is O=C(c1ccc(OCCCN2CCN(C(=O)C[C@H]3CCCN3C(=O)O)CC2)cc1)C1CC1. The van der Waals surface area contributed by atoms with Crippen LogP contribution in [-0.2, 0) is 4.79 Å². The van der Waals surface area contributed by atoms with Crippen LogP contribution in [0, 0.1) is 5.92 Å². The molecule has 1 atom stereocenters. The largest absolute Gasteiger partial charge is 0.494 e. The summed E-state index contributed by atoms with van der Waals surface area (Å²) in [6.45, 7) is 5.10. The lowest BCUT2D eigenvalue weighted by molar-refractivity contribution is -0.133. The molecule has 8 nitrogen and oxygen atoms in total. The van der Waals surface area contributed by atoms with E-state index >= 15 is 0 Å². The Hall–Kier alpha value is -2.61. The van der Waals surface area contributed by atoms with Crippen LogP contribution in [0.3, 0.4) is 0 Å². The van der Waals surface area contributed by atoms with Gasteiger partial charge in [0.25, 0.3) is 0 Å². The Morgan fingerprint density at radius 3 is 2.34 bits per heavy atom. The fourth-order valence-corrected chi connectivity index (χ4v) is 4.63. The lowest BCUT2D eigenvalue weighted by Crippen LogP contribution is -2.50. The summed E-state index contributed by atoms with van der Waals surface area (Å²) in [5.74, 6) is 1.33. The number of hydrogen-bond donors (Lipinski definition) is 1. The molecule has 1 aromatic rings. The first-order valence-corrected chi connectivity index (χ1v) is 11.8. The summed E-state index contributed by atoms with van der Waals surface area (Å²) in [5.41, 5.74) is 0.774. The molecule has 1 saturated carbocycles. The van der Waals surface area contributed by atoms with Crippen molar-refractivity contribution in [3.8, 4) is 5.75 Å². The third-order valence-corrected chi connectivity index (χ3v) is 6.73. The third-order valence-electron chi connectivity index (χ3n) is 6.73. The molecule has 8 heteroatoms. The smallest absolute Gasteiger partial charge is 0.407 e. The highest BCUT2D eigenvalue weighted by atomic mass is 16.5. The minimum Gasteiger partial charge on any atom is -0.494 e. The number of carboxylic acid groups (broad SMARTS) is 1. The minimum atomic E-state index is -0.921. The van der Waals surface area contributed by atoms with E-state index in [4.69, 9.17) is 4.74 Å². The standard InChI is InChI=1S/C24H33N3O5/c28-22(17-20-3-1-11-27(20)24(30)31)26-14-12-25(13-15-26)10-2-16-32-21-8-6-19(7-9-21)23(29)18-4-5-18/h6-9,18,20H,1-5,10-17H2,(H,30,31)/t20-/m1/s1. The number of amides is 2. The Bertz CT molecular complexity index is 815. The summed E-state index contributed by atoms with van der Waals surface area (Å²) < 4.78 is 5.82. The Morgan fingerprint density at radius 2 is 1.69 bits per heavy atom. The summed E-state index contributed by atoms with van der Waals surface area (Å²) in [5, 5.41) is 9.24. The molecular weight excluding hydrogens is 410 g/mol. The van der Waals surface area contributed by atoms with Gasteiger partial charge in [-0.05, 0) is 56.4 Å². The summed E-state index contributed by atoms with van der Waals surface area (Å²) in [4.78, 5) is 41.5. The van der Waals surface area contributed by atoms with Gasteiger partial charge < -0.3 is 19.6 Å². The highest BCUT2D eigenvalue weighted by Crippen LogP contribution is 2.32. The van der Waals surface area contributed by atoms with Crippen molar-refractivity contribution in [1.82, 2.24) is 14.7 Å². The van der Waals surface area contributed by atoms with E-state index in [9.17, 15) is 19.5 Å². The van der Waals surface area contributed by atoms with Gasteiger partial charge in [-0.15, -0.1) is 0 Å². The van der Waals surface area contributed by atoms with Crippen molar-refractivity contribution in [2.75, 3.05) is 45.9 Å². The van der Waals surface area contributed by atoms with Crippen LogP contribution >= 0.6 is 0 Å². The van der Waals surface area contributed by atoms with Gasteiger partial charge in [-0.2, -0.15) is 0 Å². The first-order valence-electron chi connectivity index (χ1n) is 11.8. The van der Waals surface area contributed by atoms with E-state index in [2.05, 4.69) is 4.90 Å². The van der Waals surface area contributed by atoms with E-state index in [1.54, 1.807) is 0 Å². The first-order chi connectivity index (χ1) is 15.5. The van der Waals surface area contributed by atoms with Crippen LogP contribution in [0.5, 0.6) is 5.75 Å². The van der Waals surface area contributed by atoms with Crippen molar-refractivity contribution in [2.24, 2.45) is 5.92 Å². The molecule has 1 aromatic carbocycles. The number of hydrogen-bond acceptors (Lipinski definition) is 5. The number of carbonyl (C=O) groups is 3. The fraction of sp³-hybridized carbons (Fsp3) is 0.625. The summed E-state index contributed by atoms with van der Waals surface area (Å²) in [6.07, 6.45) is 3.92. The highest BCUT2D eigenvalue weighted by molar-refractivity contribution is 5.99. The molecule has 0 unspecified atom stereocenters. The van der Waals surface area contributed by atoms with Crippen LogP contribution in [-0.4, -0.2) is 89.5 Å². The maximum atomic E-state index is 12.6. The van der Waals surface area contributed by atoms with Crippen LogP contribution < -0.4 is 4.74 Å². The van der Waals surface area contributed by atoms with Gasteiger partial charge in [0, 0.05) is 63.2 Å². The maximum Gasteiger partial charge on any atom is 0.407 e. The zero-order valence-electron chi connectivity index (χ0n) is 18.6. The van der Waals surface area contributed by atoms with Crippen LogP contribution in [0.1, 0.15) is 48.9 Å². The number of rotatable bonds is 9. The van der Waals surface area contributed by atoms with Crippen LogP contribution in [0.2, 0.25) is 0 Å². The van der Waals surface area contributed by atoms with E-state index in [1.807, 2.05) is 29.2 Å². The van der Waals surface area contributed by atoms with Gasteiger partial charge in [-0.25, -0.2) is 4.79 Å². The fourth-order valence-electron chi connectivity index (χ4n) is 4.63. The topological polar surface area (TPSA) is 90.4 Å².